The Bertz CT molecular complexity index is 588. The summed E-state index contributed by atoms with van der Waals surface area (Å²) in [7, 11) is -3.70. The van der Waals surface area contributed by atoms with Crippen molar-refractivity contribution in [1.82, 2.24) is 4.72 Å². The molecule has 1 aliphatic heterocycles. The maximum absolute atomic E-state index is 12.3. The normalized spacial score (nSPS) is 23.8. The lowest BCUT2D eigenvalue weighted by molar-refractivity contribution is 0.124. The van der Waals surface area contributed by atoms with Gasteiger partial charge in [-0.3, -0.25) is 0 Å². The van der Waals surface area contributed by atoms with Crippen LogP contribution in [0, 0.1) is 13.8 Å². The minimum Gasteiger partial charge on any atom is -0.389 e. The lowest BCUT2D eigenvalue weighted by Crippen LogP contribution is -2.42. The third-order valence-corrected chi connectivity index (χ3v) is 5.14. The molecule has 19 heavy (non-hydrogen) atoms. The zero-order chi connectivity index (χ0) is 14.2. The fourth-order valence-corrected chi connectivity index (χ4v) is 3.75. The summed E-state index contributed by atoms with van der Waals surface area (Å²) in [5.41, 5.74) is 1.26. The first-order chi connectivity index (χ1) is 8.81. The van der Waals surface area contributed by atoms with Crippen LogP contribution in [0.15, 0.2) is 17.0 Å². The van der Waals surface area contributed by atoms with E-state index in [9.17, 15) is 13.5 Å². The van der Waals surface area contributed by atoms with Crippen LogP contribution < -0.4 is 4.72 Å². The summed E-state index contributed by atoms with van der Waals surface area (Å²) < 4.78 is 32.1. The number of sulfonamides is 1. The van der Waals surface area contributed by atoms with Gasteiger partial charge in [-0.25, -0.2) is 13.1 Å². The van der Waals surface area contributed by atoms with Crippen LogP contribution in [0.5, 0.6) is 0 Å². The van der Waals surface area contributed by atoms with Crippen molar-refractivity contribution < 1.29 is 18.3 Å². The largest absolute Gasteiger partial charge is 0.389 e. The summed E-state index contributed by atoms with van der Waals surface area (Å²) in [5.74, 6) is 0. The number of nitrogens with one attached hydrogen (secondary N) is 1. The van der Waals surface area contributed by atoms with Crippen molar-refractivity contribution in [3.63, 3.8) is 0 Å². The van der Waals surface area contributed by atoms with E-state index in [2.05, 4.69) is 4.72 Å². The van der Waals surface area contributed by atoms with Crippen molar-refractivity contribution in [3.8, 4) is 0 Å². The summed E-state index contributed by atoms with van der Waals surface area (Å²) in [5, 5.41) is 10.1. The van der Waals surface area contributed by atoms with Crippen LogP contribution in [0.2, 0.25) is 5.02 Å². The fourth-order valence-electron chi connectivity index (χ4n) is 1.96. The zero-order valence-corrected chi connectivity index (χ0v) is 12.3. The molecule has 1 fully saturated rings. The van der Waals surface area contributed by atoms with E-state index in [1.807, 2.05) is 0 Å². The summed E-state index contributed by atoms with van der Waals surface area (Å²) >= 11 is 5.95. The van der Waals surface area contributed by atoms with Gasteiger partial charge in [-0.05, 0) is 37.1 Å². The number of ether oxygens (including phenoxy) is 1. The Morgan fingerprint density at radius 2 is 2.00 bits per heavy atom. The maximum Gasteiger partial charge on any atom is 0.241 e. The van der Waals surface area contributed by atoms with Crippen molar-refractivity contribution in [2.75, 3.05) is 13.2 Å². The molecule has 1 heterocycles. The van der Waals surface area contributed by atoms with Gasteiger partial charge in [0.25, 0.3) is 0 Å². The first-order valence-corrected chi connectivity index (χ1v) is 7.72. The molecule has 0 aromatic heterocycles. The summed E-state index contributed by atoms with van der Waals surface area (Å²) in [6.45, 7) is 3.74. The molecule has 2 N–H and O–H groups in total. The second kappa shape index (κ2) is 5.38. The van der Waals surface area contributed by atoms with E-state index in [-0.39, 0.29) is 18.1 Å². The predicted octanol–water partition coefficient (Wildman–Crippen LogP) is 0.995. The minimum atomic E-state index is -3.70. The monoisotopic (exact) mass is 305 g/mol. The number of aryl methyl sites for hydroxylation is 2. The molecule has 2 rings (SSSR count). The molecular weight excluding hydrogens is 290 g/mol. The Kier molecular flexibility index (Phi) is 4.17. The van der Waals surface area contributed by atoms with E-state index in [1.54, 1.807) is 19.9 Å². The summed E-state index contributed by atoms with van der Waals surface area (Å²) in [6, 6.07) is 2.54. The number of rotatable bonds is 3. The minimum absolute atomic E-state index is 0.145. The molecule has 0 radical (unpaired) electrons. The SMILES string of the molecule is Cc1cc(S(=O)(=O)NC2COCC2O)c(C)cc1Cl. The van der Waals surface area contributed by atoms with Crippen LogP contribution in [0.1, 0.15) is 11.1 Å². The highest BCUT2D eigenvalue weighted by Gasteiger charge is 2.31. The van der Waals surface area contributed by atoms with E-state index in [4.69, 9.17) is 16.3 Å². The van der Waals surface area contributed by atoms with Crippen molar-refractivity contribution in [2.45, 2.75) is 30.9 Å². The van der Waals surface area contributed by atoms with Crippen LogP contribution in [-0.4, -0.2) is 38.9 Å². The number of aliphatic hydroxyl groups excluding tert-OH is 1. The highest BCUT2D eigenvalue weighted by Crippen LogP contribution is 2.24. The average Bonchev–Trinajstić information content (AvgIpc) is 2.69. The first kappa shape index (κ1) is 14.7. The zero-order valence-electron chi connectivity index (χ0n) is 10.7. The van der Waals surface area contributed by atoms with Crippen molar-refractivity contribution >= 4 is 21.6 Å². The van der Waals surface area contributed by atoms with Gasteiger partial charge >= 0.3 is 0 Å². The van der Waals surface area contributed by atoms with E-state index in [0.29, 0.717) is 16.1 Å². The summed E-state index contributed by atoms with van der Waals surface area (Å²) in [4.78, 5) is 0.175. The van der Waals surface area contributed by atoms with Crippen LogP contribution in [-0.2, 0) is 14.8 Å². The van der Waals surface area contributed by atoms with Crippen LogP contribution in [0.3, 0.4) is 0 Å². The van der Waals surface area contributed by atoms with Crippen molar-refractivity contribution in [1.29, 1.82) is 0 Å². The lowest BCUT2D eigenvalue weighted by atomic mass is 10.2. The number of halogens is 1. The smallest absolute Gasteiger partial charge is 0.241 e. The average molecular weight is 306 g/mol. The third kappa shape index (κ3) is 3.09. The number of hydrogen-bond donors (Lipinski definition) is 2. The van der Waals surface area contributed by atoms with E-state index in [1.165, 1.54) is 6.07 Å². The predicted molar refractivity (Wildman–Crippen MR) is 71.9 cm³/mol. The van der Waals surface area contributed by atoms with Gasteiger partial charge in [0.2, 0.25) is 10.0 Å². The molecule has 5 nitrogen and oxygen atoms in total. The van der Waals surface area contributed by atoms with E-state index in [0.717, 1.165) is 0 Å². The second-order valence-electron chi connectivity index (χ2n) is 4.70. The van der Waals surface area contributed by atoms with Gasteiger partial charge in [-0.2, -0.15) is 0 Å². The Morgan fingerprint density at radius 1 is 1.32 bits per heavy atom. The van der Waals surface area contributed by atoms with Gasteiger partial charge in [-0.1, -0.05) is 11.6 Å². The van der Waals surface area contributed by atoms with E-state index >= 15 is 0 Å². The molecule has 0 saturated carbocycles. The molecule has 7 heteroatoms. The van der Waals surface area contributed by atoms with Gasteiger partial charge in [0.1, 0.15) is 0 Å². The van der Waals surface area contributed by atoms with Gasteiger partial charge in [0.15, 0.2) is 0 Å². The molecule has 2 atom stereocenters. The van der Waals surface area contributed by atoms with Gasteiger partial charge in [-0.15, -0.1) is 0 Å². The van der Waals surface area contributed by atoms with Gasteiger partial charge in [0, 0.05) is 5.02 Å². The molecule has 0 amide bonds. The highest BCUT2D eigenvalue weighted by molar-refractivity contribution is 7.89. The molecular formula is C12H16ClNO4S. The number of hydrogen-bond acceptors (Lipinski definition) is 4. The Labute approximate surface area is 117 Å². The second-order valence-corrected chi connectivity index (χ2v) is 6.79. The van der Waals surface area contributed by atoms with Gasteiger partial charge in [0.05, 0.1) is 30.3 Å². The fraction of sp³-hybridized carbons (Fsp3) is 0.500. The Balaban J connectivity index is 2.32. The van der Waals surface area contributed by atoms with Crippen LogP contribution in [0.4, 0.5) is 0 Å². The van der Waals surface area contributed by atoms with E-state index < -0.39 is 22.2 Å². The molecule has 0 aliphatic carbocycles. The molecule has 2 unspecified atom stereocenters. The molecule has 1 aromatic carbocycles. The maximum atomic E-state index is 12.3. The molecule has 1 aliphatic rings. The number of benzene rings is 1. The lowest BCUT2D eigenvalue weighted by Gasteiger charge is -2.16. The molecule has 0 spiro atoms. The first-order valence-electron chi connectivity index (χ1n) is 5.86. The highest BCUT2D eigenvalue weighted by atomic mass is 35.5. The molecule has 1 saturated heterocycles. The molecule has 106 valence electrons. The standard InChI is InChI=1S/C12H16ClNO4S/c1-7-4-12(8(2)3-9(7)13)19(16,17)14-10-5-18-6-11(10)15/h3-4,10-11,14-15H,5-6H2,1-2H3. The van der Waals surface area contributed by atoms with Crippen LogP contribution in [0.25, 0.3) is 0 Å². The third-order valence-electron chi connectivity index (χ3n) is 3.10. The summed E-state index contributed by atoms with van der Waals surface area (Å²) in [6.07, 6.45) is -0.816. The molecule has 1 aromatic rings. The molecule has 0 bridgehead atoms. The van der Waals surface area contributed by atoms with Gasteiger partial charge < -0.3 is 9.84 Å². The Morgan fingerprint density at radius 3 is 2.58 bits per heavy atom. The van der Waals surface area contributed by atoms with Crippen LogP contribution >= 0.6 is 11.6 Å². The van der Waals surface area contributed by atoms with Crippen molar-refractivity contribution in [3.05, 3.63) is 28.3 Å². The number of aliphatic hydroxyl groups is 1. The quantitative estimate of drug-likeness (QED) is 0.873. The Hall–Kier alpha value is -0.660. The topological polar surface area (TPSA) is 75.6 Å². The van der Waals surface area contributed by atoms with Crippen molar-refractivity contribution in [2.24, 2.45) is 0 Å².